The van der Waals surface area contributed by atoms with Gasteiger partial charge in [-0.25, -0.2) is 0 Å². The third-order valence-corrected chi connectivity index (χ3v) is 2.74. The summed E-state index contributed by atoms with van der Waals surface area (Å²) in [6.07, 6.45) is 0.436. The van der Waals surface area contributed by atoms with Gasteiger partial charge in [0.1, 0.15) is 17.2 Å². The van der Waals surface area contributed by atoms with Gasteiger partial charge in [0.15, 0.2) is 0 Å². The fourth-order valence-corrected chi connectivity index (χ4v) is 1.74. The first-order valence-corrected chi connectivity index (χ1v) is 5.54. The Kier molecular flexibility index (Phi) is 3.24. The van der Waals surface area contributed by atoms with Crippen molar-refractivity contribution >= 4 is 5.57 Å². The summed E-state index contributed by atoms with van der Waals surface area (Å²) in [5.74, 6) is 0.445. The van der Waals surface area contributed by atoms with Gasteiger partial charge >= 0.3 is 0 Å². The minimum absolute atomic E-state index is 0.112. The van der Waals surface area contributed by atoms with E-state index in [1.165, 1.54) is 18.2 Å². The zero-order valence-corrected chi connectivity index (χ0v) is 9.80. The average Bonchev–Trinajstić information content (AvgIpc) is 2.34. The van der Waals surface area contributed by atoms with Crippen molar-refractivity contribution in [3.63, 3.8) is 0 Å². The normalized spacial score (nSPS) is 10.2. The van der Waals surface area contributed by atoms with Crippen LogP contribution < -0.4 is 0 Å². The molecule has 0 aliphatic carbocycles. The molecular weight excluding hydrogens is 228 g/mol. The van der Waals surface area contributed by atoms with Gasteiger partial charge in [-0.05, 0) is 41.5 Å². The maximum absolute atomic E-state index is 9.68. The summed E-state index contributed by atoms with van der Waals surface area (Å²) in [6, 6.07) is 11.1. The first kappa shape index (κ1) is 12.0. The molecule has 0 saturated heterocycles. The number of hydrogen-bond acceptors (Lipinski definition) is 3. The van der Waals surface area contributed by atoms with Crippen LogP contribution in [0.1, 0.15) is 11.1 Å². The number of phenols is 3. The van der Waals surface area contributed by atoms with E-state index in [2.05, 4.69) is 6.58 Å². The molecule has 0 aromatic heterocycles. The molecule has 0 radical (unpaired) electrons. The molecule has 0 amide bonds. The summed E-state index contributed by atoms with van der Waals surface area (Å²) < 4.78 is 0. The van der Waals surface area contributed by atoms with E-state index in [0.717, 1.165) is 11.1 Å². The van der Waals surface area contributed by atoms with Crippen LogP contribution in [0, 0.1) is 0 Å². The van der Waals surface area contributed by atoms with Crippen LogP contribution >= 0.6 is 0 Å². The van der Waals surface area contributed by atoms with E-state index in [9.17, 15) is 15.3 Å². The average molecular weight is 242 g/mol. The smallest absolute Gasteiger partial charge is 0.119 e. The molecule has 0 fully saturated rings. The maximum Gasteiger partial charge on any atom is 0.119 e. The van der Waals surface area contributed by atoms with E-state index in [-0.39, 0.29) is 17.2 Å². The van der Waals surface area contributed by atoms with Crippen molar-refractivity contribution < 1.29 is 15.3 Å². The molecule has 18 heavy (non-hydrogen) atoms. The molecule has 0 aliphatic rings. The van der Waals surface area contributed by atoms with Crippen LogP contribution in [0.3, 0.4) is 0 Å². The predicted molar refractivity (Wildman–Crippen MR) is 70.6 cm³/mol. The van der Waals surface area contributed by atoms with Crippen molar-refractivity contribution in [3.8, 4) is 17.2 Å². The Morgan fingerprint density at radius 3 is 2.17 bits per heavy atom. The molecule has 0 heterocycles. The molecule has 3 N–H and O–H groups in total. The van der Waals surface area contributed by atoms with Crippen molar-refractivity contribution in [2.45, 2.75) is 6.42 Å². The minimum Gasteiger partial charge on any atom is -0.508 e. The number of aromatic hydroxyl groups is 3. The number of allylic oxidation sites excluding steroid dienone is 1. The molecule has 0 spiro atoms. The number of hydrogen-bond donors (Lipinski definition) is 3. The second kappa shape index (κ2) is 4.84. The molecule has 3 heteroatoms. The van der Waals surface area contributed by atoms with E-state index >= 15 is 0 Å². The topological polar surface area (TPSA) is 60.7 Å². The Bertz CT molecular complexity index is 571. The highest BCUT2D eigenvalue weighted by Gasteiger charge is 2.06. The molecular formula is C15H14O3. The fraction of sp³-hybridized carbons (Fsp3) is 0.0667. The Hall–Kier alpha value is -2.42. The third kappa shape index (κ3) is 2.63. The van der Waals surface area contributed by atoms with Crippen LogP contribution in [-0.2, 0) is 6.42 Å². The Morgan fingerprint density at radius 2 is 1.50 bits per heavy atom. The van der Waals surface area contributed by atoms with Gasteiger partial charge < -0.3 is 15.3 Å². The van der Waals surface area contributed by atoms with Gasteiger partial charge in [-0.2, -0.15) is 0 Å². The van der Waals surface area contributed by atoms with E-state index < -0.39 is 0 Å². The van der Waals surface area contributed by atoms with Crippen LogP contribution in [0.5, 0.6) is 17.2 Å². The van der Waals surface area contributed by atoms with Crippen LogP contribution in [0.15, 0.2) is 49.0 Å². The van der Waals surface area contributed by atoms with Crippen LogP contribution in [0.2, 0.25) is 0 Å². The minimum atomic E-state index is 0.112. The molecule has 2 rings (SSSR count). The molecule has 0 saturated carbocycles. The summed E-state index contributed by atoms with van der Waals surface area (Å²) in [5, 5.41) is 28.3. The zero-order valence-electron chi connectivity index (χ0n) is 9.80. The van der Waals surface area contributed by atoms with Gasteiger partial charge in [0.2, 0.25) is 0 Å². The highest BCUT2D eigenvalue weighted by molar-refractivity contribution is 5.67. The molecule has 0 bridgehead atoms. The van der Waals surface area contributed by atoms with E-state index in [1.807, 2.05) is 0 Å². The lowest BCUT2D eigenvalue weighted by molar-refractivity contribution is 0.455. The van der Waals surface area contributed by atoms with E-state index in [0.29, 0.717) is 12.0 Å². The predicted octanol–water partition coefficient (Wildman–Crippen LogP) is 3.06. The molecule has 2 aromatic carbocycles. The molecule has 2 aromatic rings. The maximum atomic E-state index is 9.68. The lowest BCUT2D eigenvalue weighted by Gasteiger charge is -2.08. The Morgan fingerprint density at radius 1 is 0.889 bits per heavy atom. The highest BCUT2D eigenvalue weighted by atomic mass is 16.3. The van der Waals surface area contributed by atoms with Crippen LogP contribution in [0.4, 0.5) is 0 Å². The second-order valence-corrected chi connectivity index (χ2v) is 4.14. The van der Waals surface area contributed by atoms with Crippen molar-refractivity contribution in [3.05, 3.63) is 60.2 Å². The summed E-state index contributed by atoms with van der Waals surface area (Å²) in [5.41, 5.74) is 2.31. The third-order valence-electron chi connectivity index (χ3n) is 2.74. The second-order valence-electron chi connectivity index (χ2n) is 4.14. The van der Waals surface area contributed by atoms with E-state index in [1.54, 1.807) is 24.3 Å². The molecule has 0 atom stereocenters. The van der Waals surface area contributed by atoms with Crippen molar-refractivity contribution in [2.75, 3.05) is 0 Å². The van der Waals surface area contributed by atoms with Crippen molar-refractivity contribution in [2.24, 2.45) is 0 Å². The molecule has 3 nitrogen and oxygen atoms in total. The quantitative estimate of drug-likeness (QED) is 0.725. The monoisotopic (exact) mass is 242 g/mol. The number of rotatable bonds is 3. The van der Waals surface area contributed by atoms with E-state index in [4.69, 9.17) is 0 Å². The van der Waals surface area contributed by atoms with Gasteiger partial charge in [-0.1, -0.05) is 18.7 Å². The summed E-state index contributed by atoms with van der Waals surface area (Å²) >= 11 is 0. The highest BCUT2D eigenvalue weighted by Crippen LogP contribution is 2.27. The van der Waals surface area contributed by atoms with Gasteiger partial charge in [-0.15, -0.1) is 0 Å². The van der Waals surface area contributed by atoms with Crippen molar-refractivity contribution in [1.82, 2.24) is 0 Å². The summed E-state index contributed by atoms with van der Waals surface area (Å²) in [4.78, 5) is 0. The fourth-order valence-electron chi connectivity index (χ4n) is 1.74. The van der Waals surface area contributed by atoms with Gasteiger partial charge in [0.05, 0.1) is 0 Å². The summed E-state index contributed by atoms with van der Waals surface area (Å²) in [7, 11) is 0. The first-order valence-electron chi connectivity index (χ1n) is 5.54. The standard InChI is InChI=1S/C15H14O3/c1-10(11-2-4-13(16)5-3-11)8-12-9-14(17)6-7-15(12)18/h2-7,9,16-18H,1,8H2. The van der Waals surface area contributed by atoms with Gasteiger partial charge in [-0.3, -0.25) is 0 Å². The van der Waals surface area contributed by atoms with Crippen LogP contribution in [-0.4, -0.2) is 15.3 Å². The summed E-state index contributed by atoms with van der Waals surface area (Å²) in [6.45, 7) is 3.95. The zero-order chi connectivity index (χ0) is 13.1. The first-order chi connectivity index (χ1) is 8.56. The number of benzene rings is 2. The Labute approximate surface area is 105 Å². The molecule has 0 aliphatic heterocycles. The SMILES string of the molecule is C=C(Cc1cc(O)ccc1O)c1ccc(O)cc1. The Balaban J connectivity index is 2.21. The largest absolute Gasteiger partial charge is 0.508 e. The lowest BCUT2D eigenvalue weighted by Crippen LogP contribution is -1.90. The van der Waals surface area contributed by atoms with Gasteiger partial charge in [0.25, 0.3) is 0 Å². The number of phenolic OH excluding ortho intramolecular Hbond substituents is 3. The van der Waals surface area contributed by atoms with Crippen LogP contribution in [0.25, 0.3) is 5.57 Å². The lowest BCUT2D eigenvalue weighted by atomic mass is 9.99. The molecule has 92 valence electrons. The van der Waals surface area contributed by atoms with Gasteiger partial charge in [0, 0.05) is 12.0 Å². The van der Waals surface area contributed by atoms with Crippen molar-refractivity contribution in [1.29, 1.82) is 0 Å². The molecule has 0 unspecified atom stereocenters.